The lowest BCUT2D eigenvalue weighted by atomic mass is 10.0. The van der Waals surface area contributed by atoms with E-state index in [0.717, 1.165) is 18.4 Å². The van der Waals surface area contributed by atoms with Gasteiger partial charge in [-0.15, -0.1) is 12.4 Å². The molecule has 0 spiro atoms. The van der Waals surface area contributed by atoms with E-state index in [2.05, 4.69) is 4.72 Å². The molecule has 1 amide bonds. The number of amides is 1. The van der Waals surface area contributed by atoms with Gasteiger partial charge in [0.1, 0.15) is 0 Å². The highest BCUT2D eigenvalue weighted by atomic mass is 35.5. The van der Waals surface area contributed by atoms with Crippen LogP contribution >= 0.6 is 12.4 Å². The topological polar surface area (TPSA) is 92.5 Å². The molecule has 0 aliphatic carbocycles. The van der Waals surface area contributed by atoms with Gasteiger partial charge in [0.15, 0.2) is 0 Å². The smallest absolute Gasteiger partial charge is 0.240 e. The Labute approximate surface area is 137 Å². The van der Waals surface area contributed by atoms with Crippen molar-refractivity contribution in [3.8, 4) is 0 Å². The Bertz CT molecular complexity index is 649. The Morgan fingerprint density at radius 2 is 2.14 bits per heavy atom. The number of fused-ring (bicyclic) bond motifs is 1. The van der Waals surface area contributed by atoms with Gasteiger partial charge in [0.05, 0.1) is 4.90 Å². The first kappa shape index (κ1) is 18.9. The van der Waals surface area contributed by atoms with Crippen LogP contribution in [0.1, 0.15) is 25.8 Å². The van der Waals surface area contributed by atoms with E-state index in [0.29, 0.717) is 12.2 Å². The van der Waals surface area contributed by atoms with Crippen molar-refractivity contribution in [2.45, 2.75) is 37.6 Å². The fourth-order valence-electron chi connectivity index (χ4n) is 2.43. The molecule has 0 bridgehead atoms. The highest BCUT2D eigenvalue weighted by Crippen LogP contribution is 2.29. The SMILES string of the molecule is CC(=O)N1CCCc2ccc(S(=O)(=O)N[C@@H](C)CN)cc21.Cl. The summed E-state index contributed by atoms with van der Waals surface area (Å²) in [5.74, 6) is -0.0752. The molecule has 1 aromatic carbocycles. The summed E-state index contributed by atoms with van der Waals surface area (Å²) in [6, 6.07) is 4.59. The summed E-state index contributed by atoms with van der Waals surface area (Å²) in [4.78, 5) is 13.5. The van der Waals surface area contributed by atoms with E-state index in [4.69, 9.17) is 5.73 Å². The second-order valence-corrected chi connectivity index (χ2v) is 7.04. The summed E-state index contributed by atoms with van der Waals surface area (Å²) < 4.78 is 27.1. The summed E-state index contributed by atoms with van der Waals surface area (Å²) in [5.41, 5.74) is 7.14. The summed E-state index contributed by atoms with van der Waals surface area (Å²) in [5, 5.41) is 0. The van der Waals surface area contributed by atoms with Gasteiger partial charge in [-0.1, -0.05) is 6.07 Å². The molecule has 1 heterocycles. The first-order chi connectivity index (χ1) is 9.85. The molecule has 8 heteroatoms. The number of hydrogen-bond donors (Lipinski definition) is 2. The van der Waals surface area contributed by atoms with Crippen LogP contribution in [0.2, 0.25) is 0 Å². The maximum Gasteiger partial charge on any atom is 0.240 e. The normalized spacial score (nSPS) is 15.7. The third-order valence-electron chi connectivity index (χ3n) is 3.58. The van der Waals surface area contributed by atoms with Crippen molar-refractivity contribution in [1.29, 1.82) is 0 Å². The van der Waals surface area contributed by atoms with Crippen LogP contribution in [0.25, 0.3) is 0 Å². The number of nitrogens with one attached hydrogen (secondary N) is 1. The Morgan fingerprint density at radius 1 is 1.45 bits per heavy atom. The maximum atomic E-state index is 12.3. The van der Waals surface area contributed by atoms with E-state index in [1.807, 2.05) is 0 Å². The lowest BCUT2D eigenvalue weighted by Crippen LogP contribution is -2.38. The minimum absolute atomic E-state index is 0. The van der Waals surface area contributed by atoms with Gasteiger partial charge < -0.3 is 10.6 Å². The monoisotopic (exact) mass is 347 g/mol. The van der Waals surface area contributed by atoms with Crippen molar-refractivity contribution in [3.63, 3.8) is 0 Å². The van der Waals surface area contributed by atoms with Crippen molar-refractivity contribution in [2.75, 3.05) is 18.0 Å². The maximum absolute atomic E-state index is 12.3. The fraction of sp³-hybridized carbons (Fsp3) is 0.500. The number of nitrogens with two attached hydrogens (primary N) is 1. The van der Waals surface area contributed by atoms with Gasteiger partial charge >= 0.3 is 0 Å². The highest BCUT2D eigenvalue weighted by Gasteiger charge is 2.24. The van der Waals surface area contributed by atoms with Gasteiger partial charge in [-0.2, -0.15) is 0 Å². The van der Waals surface area contributed by atoms with E-state index >= 15 is 0 Å². The molecule has 1 aliphatic heterocycles. The molecular formula is C14H22ClN3O3S. The third-order valence-corrected chi connectivity index (χ3v) is 5.16. The van der Waals surface area contributed by atoms with Gasteiger partial charge in [0.2, 0.25) is 15.9 Å². The van der Waals surface area contributed by atoms with E-state index in [1.54, 1.807) is 30.0 Å². The van der Waals surface area contributed by atoms with Crippen LogP contribution in [0.4, 0.5) is 5.69 Å². The average Bonchev–Trinajstić information content (AvgIpc) is 2.45. The van der Waals surface area contributed by atoms with Gasteiger partial charge in [-0.05, 0) is 37.5 Å². The number of carbonyl (C=O) groups excluding carboxylic acids is 1. The molecule has 0 unspecified atom stereocenters. The number of carbonyl (C=O) groups is 1. The molecule has 124 valence electrons. The molecule has 1 atom stereocenters. The van der Waals surface area contributed by atoms with Crippen LogP contribution in [0.15, 0.2) is 23.1 Å². The summed E-state index contributed by atoms with van der Waals surface area (Å²) >= 11 is 0. The lowest BCUT2D eigenvalue weighted by molar-refractivity contribution is -0.116. The van der Waals surface area contributed by atoms with Gasteiger partial charge in [0, 0.05) is 31.7 Å². The molecule has 1 aromatic rings. The van der Waals surface area contributed by atoms with Crippen LogP contribution in [-0.2, 0) is 21.2 Å². The molecule has 2 rings (SSSR count). The Hall–Kier alpha value is -1.15. The van der Waals surface area contributed by atoms with Crippen LogP contribution in [0.3, 0.4) is 0 Å². The number of sulfonamides is 1. The predicted octanol–water partition coefficient (Wildman–Crippen LogP) is 1.03. The van der Waals surface area contributed by atoms with Crippen LogP contribution < -0.4 is 15.4 Å². The van der Waals surface area contributed by atoms with Crippen LogP contribution in [-0.4, -0.2) is 33.5 Å². The molecule has 0 saturated heterocycles. The van der Waals surface area contributed by atoms with Crippen molar-refractivity contribution in [3.05, 3.63) is 23.8 Å². The molecule has 0 radical (unpaired) electrons. The lowest BCUT2D eigenvalue weighted by Gasteiger charge is -2.29. The third kappa shape index (κ3) is 3.98. The first-order valence-electron chi connectivity index (χ1n) is 6.98. The number of halogens is 1. The van der Waals surface area contributed by atoms with Gasteiger partial charge in [-0.3, -0.25) is 4.79 Å². The Morgan fingerprint density at radius 3 is 2.73 bits per heavy atom. The molecule has 1 aliphatic rings. The van der Waals surface area contributed by atoms with Gasteiger partial charge in [0.25, 0.3) is 0 Å². The number of anilines is 1. The van der Waals surface area contributed by atoms with E-state index in [-0.39, 0.29) is 35.8 Å². The Kier molecular flexibility index (Phi) is 6.37. The standard InChI is InChI=1S/C14H21N3O3S.ClH/c1-10(9-15)16-21(19,20)13-6-5-12-4-3-7-17(11(2)18)14(12)8-13;/h5-6,8,10,16H,3-4,7,9,15H2,1-2H3;1H/t10-;/m0./s1. The average molecular weight is 348 g/mol. The van der Waals surface area contributed by atoms with Crippen LogP contribution in [0.5, 0.6) is 0 Å². The molecular weight excluding hydrogens is 326 g/mol. The van der Waals surface area contributed by atoms with Gasteiger partial charge in [-0.25, -0.2) is 13.1 Å². The fourth-order valence-corrected chi connectivity index (χ4v) is 3.71. The second-order valence-electron chi connectivity index (χ2n) is 5.32. The number of nitrogens with zero attached hydrogens (tertiary/aromatic N) is 1. The van der Waals surface area contributed by atoms with Crippen molar-refractivity contribution in [2.24, 2.45) is 5.73 Å². The molecule has 6 nitrogen and oxygen atoms in total. The number of benzene rings is 1. The minimum atomic E-state index is -3.62. The highest BCUT2D eigenvalue weighted by molar-refractivity contribution is 7.89. The quantitative estimate of drug-likeness (QED) is 0.850. The zero-order chi connectivity index (χ0) is 15.6. The van der Waals surface area contributed by atoms with Crippen molar-refractivity contribution < 1.29 is 13.2 Å². The minimum Gasteiger partial charge on any atom is -0.329 e. The largest absolute Gasteiger partial charge is 0.329 e. The zero-order valence-electron chi connectivity index (χ0n) is 12.7. The number of hydrogen-bond acceptors (Lipinski definition) is 4. The van der Waals surface area contributed by atoms with Crippen molar-refractivity contribution >= 4 is 34.0 Å². The van der Waals surface area contributed by atoms with E-state index in [1.165, 1.54) is 6.92 Å². The summed E-state index contributed by atoms with van der Waals surface area (Å²) in [6.07, 6.45) is 1.74. The number of rotatable bonds is 4. The van der Waals surface area contributed by atoms with E-state index in [9.17, 15) is 13.2 Å². The first-order valence-corrected chi connectivity index (χ1v) is 8.47. The predicted molar refractivity (Wildman–Crippen MR) is 88.9 cm³/mol. The Balaban J connectivity index is 0.00000242. The second kappa shape index (κ2) is 7.41. The van der Waals surface area contributed by atoms with Crippen LogP contribution in [0, 0.1) is 0 Å². The molecule has 0 saturated carbocycles. The molecule has 22 heavy (non-hydrogen) atoms. The molecule has 0 fully saturated rings. The summed E-state index contributed by atoms with van der Waals surface area (Å²) in [7, 11) is -3.62. The molecule has 0 aromatic heterocycles. The number of aryl methyl sites for hydroxylation is 1. The summed E-state index contributed by atoms with van der Waals surface area (Å²) in [6.45, 7) is 4.05. The molecule has 3 N–H and O–H groups in total. The zero-order valence-corrected chi connectivity index (χ0v) is 14.3. The van der Waals surface area contributed by atoms with E-state index < -0.39 is 10.0 Å². The van der Waals surface area contributed by atoms with Crippen molar-refractivity contribution in [1.82, 2.24) is 4.72 Å².